The lowest BCUT2D eigenvalue weighted by Crippen LogP contribution is -2.33. The Labute approximate surface area is 195 Å². The number of anilines is 1. The van der Waals surface area contributed by atoms with Crippen molar-refractivity contribution in [3.05, 3.63) is 88.9 Å². The van der Waals surface area contributed by atoms with Gasteiger partial charge in [0.15, 0.2) is 0 Å². The Morgan fingerprint density at radius 3 is 2.39 bits per heavy atom. The topological polar surface area (TPSA) is 106 Å². The summed E-state index contributed by atoms with van der Waals surface area (Å²) in [4.78, 5) is 36.8. The van der Waals surface area contributed by atoms with Crippen molar-refractivity contribution in [2.24, 2.45) is 5.10 Å². The van der Waals surface area contributed by atoms with Gasteiger partial charge in [0, 0.05) is 5.56 Å². The van der Waals surface area contributed by atoms with E-state index in [-0.39, 0.29) is 5.75 Å². The second kappa shape index (κ2) is 10.9. The minimum absolute atomic E-state index is 0.237. The van der Waals surface area contributed by atoms with Crippen LogP contribution in [0.25, 0.3) is 0 Å². The first kappa shape index (κ1) is 23.5. The van der Waals surface area contributed by atoms with Gasteiger partial charge in [-0.15, -0.1) is 0 Å². The second-order valence-electron chi connectivity index (χ2n) is 6.69. The van der Waals surface area contributed by atoms with Crippen molar-refractivity contribution in [1.82, 2.24) is 5.43 Å². The summed E-state index contributed by atoms with van der Waals surface area (Å²) >= 11 is 5.98. The lowest BCUT2D eigenvalue weighted by Gasteiger charge is -2.11. The molecule has 0 radical (unpaired) electrons. The highest BCUT2D eigenvalue weighted by Gasteiger charge is 2.16. The summed E-state index contributed by atoms with van der Waals surface area (Å²) in [5.74, 6) is -1.75. The third kappa shape index (κ3) is 6.18. The van der Waals surface area contributed by atoms with Crippen molar-refractivity contribution >= 4 is 40.8 Å². The van der Waals surface area contributed by atoms with Crippen LogP contribution < -0.4 is 20.2 Å². The zero-order valence-electron chi connectivity index (χ0n) is 17.8. The summed E-state index contributed by atoms with van der Waals surface area (Å²) in [6.07, 6.45) is 0. The molecule has 0 fully saturated rings. The number of hydrazone groups is 1. The van der Waals surface area contributed by atoms with Gasteiger partial charge in [-0.2, -0.15) is 5.10 Å². The highest BCUT2D eigenvalue weighted by Crippen LogP contribution is 2.22. The summed E-state index contributed by atoms with van der Waals surface area (Å²) in [5.41, 5.74) is 3.57. The zero-order valence-corrected chi connectivity index (χ0v) is 18.6. The fourth-order valence-corrected chi connectivity index (χ4v) is 2.93. The van der Waals surface area contributed by atoms with Gasteiger partial charge in [0.2, 0.25) is 0 Å². The number of carbonyl (C=O) groups excluding carboxylic acids is 3. The maximum absolute atomic E-state index is 12.6. The maximum atomic E-state index is 12.6. The summed E-state index contributed by atoms with van der Waals surface area (Å²) in [7, 11) is 1.50. The Morgan fingerprint density at radius 2 is 1.64 bits per heavy atom. The predicted molar refractivity (Wildman–Crippen MR) is 125 cm³/mol. The Hall–Kier alpha value is -4.17. The molecule has 0 aliphatic heterocycles. The zero-order chi connectivity index (χ0) is 23.8. The number of esters is 1. The molecule has 0 heterocycles. The first-order valence-corrected chi connectivity index (χ1v) is 10.1. The summed E-state index contributed by atoms with van der Waals surface area (Å²) in [6, 6.07) is 19.8. The van der Waals surface area contributed by atoms with Crippen LogP contribution in [-0.4, -0.2) is 30.6 Å². The van der Waals surface area contributed by atoms with E-state index < -0.39 is 17.8 Å². The Balaban J connectivity index is 1.70. The van der Waals surface area contributed by atoms with E-state index in [1.54, 1.807) is 79.7 Å². The number of carbonyl (C=O) groups is 3. The van der Waals surface area contributed by atoms with E-state index in [0.717, 1.165) is 0 Å². The van der Waals surface area contributed by atoms with Crippen LogP contribution in [0.3, 0.4) is 0 Å². The van der Waals surface area contributed by atoms with E-state index in [1.807, 2.05) is 0 Å². The molecule has 0 aromatic heterocycles. The molecule has 0 spiro atoms. The number of ether oxygens (including phenoxy) is 2. The molecule has 3 aromatic carbocycles. The van der Waals surface area contributed by atoms with Crippen LogP contribution in [0.1, 0.15) is 22.8 Å². The first-order chi connectivity index (χ1) is 15.9. The molecule has 168 valence electrons. The number of nitrogens with zero attached hydrogens (tertiary/aromatic N) is 1. The summed E-state index contributed by atoms with van der Waals surface area (Å²) in [6.45, 7) is 1.60. The molecule has 0 saturated heterocycles. The third-order valence-corrected chi connectivity index (χ3v) is 4.77. The number of methoxy groups -OCH3 is 1. The van der Waals surface area contributed by atoms with Gasteiger partial charge < -0.3 is 14.8 Å². The van der Waals surface area contributed by atoms with Crippen LogP contribution >= 0.6 is 11.6 Å². The molecule has 2 N–H and O–H groups in total. The van der Waals surface area contributed by atoms with Crippen LogP contribution in [0, 0.1) is 0 Å². The van der Waals surface area contributed by atoms with Gasteiger partial charge >= 0.3 is 17.8 Å². The predicted octanol–water partition coefficient (Wildman–Crippen LogP) is 4.05. The third-order valence-electron chi connectivity index (χ3n) is 4.44. The van der Waals surface area contributed by atoms with Crippen molar-refractivity contribution in [1.29, 1.82) is 0 Å². The minimum atomic E-state index is -0.986. The molecule has 33 heavy (non-hydrogen) atoms. The Morgan fingerprint density at radius 1 is 0.909 bits per heavy atom. The molecule has 0 aliphatic carbocycles. The van der Waals surface area contributed by atoms with Gasteiger partial charge in [0.1, 0.15) is 11.5 Å². The second-order valence-corrected chi connectivity index (χ2v) is 7.10. The van der Waals surface area contributed by atoms with Gasteiger partial charge in [-0.05, 0) is 49.4 Å². The van der Waals surface area contributed by atoms with E-state index in [2.05, 4.69) is 15.8 Å². The summed E-state index contributed by atoms with van der Waals surface area (Å²) < 4.78 is 10.6. The minimum Gasteiger partial charge on any atom is -0.497 e. The Kier molecular flexibility index (Phi) is 7.77. The maximum Gasteiger partial charge on any atom is 0.343 e. The van der Waals surface area contributed by atoms with Crippen LogP contribution in [0.5, 0.6) is 11.5 Å². The molecule has 3 rings (SSSR count). The number of amides is 2. The molecule has 0 atom stereocenters. The molecule has 0 saturated carbocycles. The molecule has 0 unspecified atom stereocenters. The van der Waals surface area contributed by atoms with Gasteiger partial charge in [0.25, 0.3) is 0 Å². The van der Waals surface area contributed by atoms with Crippen LogP contribution in [0.4, 0.5) is 5.69 Å². The number of benzene rings is 3. The number of hydrogen-bond donors (Lipinski definition) is 2. The SMILES string of the molecule is COc1cccc(C(=O)Oc2ccccc2/C(C)=N/NC(=O)C(=O)Nc2ccccc2Cl)c1. The monoisotopic (exact) mass is 465 g/mol. The fourth-order valence-electron chi connectivity index (χ4n) is 2.75. The fraction of sp³-hybridized carbons (Fsp3) is 0.0833. The van der Waals surface area contributed by atoms with Gasteiger partial charge in [-0.25, -0.2) is 10.2 Å². The van der Waals surface area contributed by atoms with E-state index in [4.69, 9.17) is 21.1 Å². The van der Waals surface area contributed by atoms with Gasteiger partial charge in [-0.1, -0.05) is 41.9 Å². The largest absolute Gasteiger partial charge is 0.497 e. The highest BCUT2D eigenvalue weighted by molar-refractivity contribution is 6.41. The molecule has 0 aliphatic rings. The molecule has 8 nitrogen and oxygen atoms in total. The smallest absolute Gasteiger partial charge is 0.343 e. The van der Waals surface area contributed by atoms with E-state index in [0.29, 0.717) is 33.3 Å². The van der Waals surface area contributed by atoms with Crippen LogP contribution in [-0.2, 0) is 9.59 Å². The molecule has 9 heteroatoms. The van der Waals surface area contributed by atoms with Crippen LogP contribution in [0.15, 0.2) is 77.9 Å². The molecular weight excluding hydrogens is 446 g/mol. The lowest BCUT2D eigenvalue weighted by atomic mass is 10.1. The average molecular weight is 466 g/mol. The Bertz CT molecular complexity index is 1230. The van der Waals surface area contributed by atoms with E-state index in [9.17, 15) is 14.4 Å². The van der Waals surface area contributed by atoms with Crippen molar-refractivity contribution in [3.63, 3.8) is 0 Å². The number of nitrogens with one attached hydrogen (secondary N) is 2. The van der Waals surface area contributed by atoms with E-state index in [1.165, 1.54) is 7.11 Å². The van der Waals surface area contributed by atoms with Crippen molar-refractivity contribution < 1.29 is 23.9 Å². The summed E-state index contributed by atoms with van der Waals surface area (Å²) in [5, 5.41) is 6.66. The van der Waals surface area contributed by atoms with Crippen molar-refractivity contribution in [2.75, 3.05) is 12.4 Å². The first-order valence-electron chi connectivity index (χ1n) is 9.75. The molecule has 3 aromatic rings. The normalized spacial score (nSPS) is 10.8. The van der Waals surface area contributed by atoms with Gasteiger partial charge in [-0.3, -0.25) is 9.59 Å². The average Bonchev–Trinajstić information content (AvgIpc) is 2.84. The van der Waals surface area contributed by atoms with Crippen LogP contribution in [0.2, 0.25) is 5.02 Å². The molecule has 2 amide bonds. The lowest BCUT2D eigenvalue weighted by molar-refractivity contribution is -0.136. The van der Waals surface area contributed by atoms with E-state index >= 15 is 0 Å². The van der Waals surface area contributed by atoms with Crippen molar-refractivity contribution in [3.8, 4) is 11.5 Å². The number of halogens is 1. The molecule has 0 bridgehead atoms. The quantitative estimate of drug-likeness (QED) is 0.188. The van der Waals surface area contributed by atoms with Gasteiger partial charge in [0.05, 0.1) is 29.1 Å². The standard InChI is InChI=1S/C24H20ClN3O5/c1-15(27-28-23(30)22(29)26-20-12-5-4-11-19(20)25)18-10-3-6-13-21(18)33-24(31)16-8-7-9-17(14-16)32-2/h3-14H,1-2H3,(H,26,29)(H,28,30)/b27-15+. The number of rotatable bonds is 6. The molecular formula is C24H20ClN3O5. The highest BCUT2D eigenvalue weighted by atomic mass is 35.5. The number of hydrogen-bond acceptors (Lipinski definition) is 6. The van der Waals surface area contributed by atoms with Crippen molar-refractivity contribution in [2.45, 2.75) is 6.92 Å². The number of para-hydroxylation sites is 2.